The first-order chi connectivity index (χ1) is 11.7. The predicted molar refractivity (Wildman–Crippen MR) is 96.9 cm³/mol. The Kier molecular flexibility index (Phi) is 4.81. The first kappa shape index (κ1) is 16.1. The van der Waals surface area contributed by atoms with Crippen molar-refractivity contribution in [1.29, 1.82) is 0 Å². The minimum absolute atomic E-state index is 0.290. The van der Waals surface area contributed by atoms with E-state index in [0.29, 0.717) is 17.3 Å². The number of rotatable bonds is 5. The van der Waals surface area contributed by atoms with Crippen LogP contribution in [-0.2, 0) is 0 Å². The van der Waals surface area contributed by atoms with Gasteiger partial charge in [-0.1, -0.05) is 22.0 Å². The third-order valence-corrected chi connectivity index (χ3v) is 3.74. The Balaban J connectivity index is 1.83. The van der Waals surface area contributed by atoms with Gasteiger partial charge in [0.25, 0.3) is 0 Å². The third-order valence-electron chi connectivity index (χ3n) is 3.21. The molecule has 2 aromatic carbocycles. The molecule has 24 heavy (non-hydrogen) atoms. The Hall–Kier alpha value is -2.80. The van der Waals surface area contributed by atoms with E-state index in [0.717, 1.165) is 15.9 Å². The van der Waals surface area contributed by atoms with E-state index < -0.39 is 0 Å². The van der Waals surface area contributed by atoms with Gasteiger partial charge in [0.1, 0.15) is 23.5 Å². The highest BCUT2D eigenvalue weighted by Gasteiger charge is 2.11. The number of anilines is 3. The first-order valence-electron chi connectivity index (χ1n) is 7.10. The minimum Gasteiger partial charge on any atom is -0.497 e. The van der Waals surface area contributed by atoms with Crippen molar-refractivity contribution in [3.8, 4) is 17.4 Å². The number of ether oxygens (including phenoxy) is 2. The summed E-state index contributed by atoms with van der Waals surface area (Å²) in [6.07, 6.45) is 1.40. The zero-order valence-electron chi connectivity index (χ0n) is 12.9. The predicted octanol–water partition coefficient (Wildman–Crippen LogP) is 4.37. The van der Waals surface area contributed by atoms with Crippen molar-refractivity contribution in [3.63, 3.8) is 0 Å². The van der Waals surface area contributed by atoms with Crippen LogP contribution in [0.4, 0.5) is 17.2 Å². The van der Waals surface area contributed by atoms with E-state index in [2.05, 4.69) is 31.2 Å². The van der Waals surface area contributed by atoms with Gasteiger partial charge in [0.05, 0.1) is 7.11 Å². The lowest BCUT2D eigenvalue weighted by Gasteiger charge is -2.12. The zero-order chi connectivity index (χ0) is 16.9. The Morgan fingerprint density at radius 1 is 1.04 bits per heavy atom. The second-order valence-electron chi connectivity index (χ2n) is 4.85. The van der Waals surface area contributed by atoms with Crippen LogP contribution in [0, 0.1) is 0 Å². The van der Waals surface area contributed by atoms with Crippen LogP contribution < -0.4 is 20.5 Å². The Bertz CT molecular complexity index is 840. The van der Waals surface area contributed by atoms with Gasteiger partial charge in [0.15, 0.2) is 5.82 Å². The van der Waals surface area contributed by atoms with E-state index in [1.54, 1.807) is 7.11 Å². The molecule has 1 aromatic heterocycles. The highest BCUT2D eigenvalue weighted by atomic mass is 79.9. The maximum absolute atomic E-state index is 6.13. The summed E-state index contributed by atoms with van der Waals surface area (Å²) >= 11 is 3.38. The van der Waals surface area contributed by atoms with Gasteiger partial charge in [-0.05, 0) is 36.4 Å². The van der Waals surface area contributed by atoms with Crippen LogP contribution in [0.15, 0.2) is 59.3 Å². The quantitative estimate of drug-likeness (QED) is 0.677. The smallest absolute Gasteiger partial charge is 0.248 e. The summed E-state index contributed by atoms with van der Waals surface area (Å²) in [5.41, 5.74) is 7.25. The maximum atomic E-state index is 6.13. The highest BCUT2D eigenvalue weighted by molar-refractivity contribution is 9.10. The fraction of sp³-hybridized carbons (Fsp3) is 0.0588. The van der Waals surface area contributed by atoms with Gasteiger partial charge in [-0.3, -0.25) is 0 Å². The molecule has 0 aliphatic rings. The van der Waals surface area contributed by atoms with Gasteiger partial charge < -0.3 is 20.5 Å². The standard InChI is InChI=1S/C17H15BrN4O2/c1-23-14-4-2-3-12(9-14)22-16-15(19)17(21-10-20-16)24-13-7-5-11(18)6-8-13/h2-10H,19H2,1H3,(H,20,21,22). The number of methoxy groups -OCH3 is 1. The minimum atomic E-state index is 0.290. The van der Waals surface area contributed by atoms with Crippen molar-refractivity contribution < 1.29 is 9.47 Å². The molecule has 0 fully saturated rings. The molecule has 0 unspecified atom stereocenters. The van der Waals surface area contributed by atoms with E-state index in [-0.39, 0.29) is 5.88 Å². The topological polar surface area (TPSA) is 82.3 Å². The molecule has 3 rings (SSSR count). The largest absolute Gasteiger partial charge is 0.497 e. The van der Waals surface area contributed by atoms with Crippen molar-refractivity contribution in [2.45, 2.75) is 0 Å². The van der Waals surface area contributed by atoms with Gasteiger partial charge in [0, 0.05) is 16.2 Å². The van der Waals surface area contributed by atoms with Crippen LogP contribution in [0.25, 0.3) is 0 Å². The lowest BCUT2D eigenvalue weighted by molar-refractivity contribution is 0.415. The Morgan fingerprint density at radius 3 is 2.58 bits per heavy atom. The van der Waals surface area contributed by atoms with E-state index in [1.807, 2.05) is 48.5 Å². The molecule has 0 atom stereocenters. The third kappa shape index (κ3) is 3.75. The molecule has 3 aromatic rings. The lowest BCUT2D eigenvalue weighted by Crippen LogP contribution is -2.03. The van der Waals surface area contributed by atoms with Crippen LogP contribution in [-0.4, -0.2) is 17.1 Å². The van der Waals surface area contributed by atoms with Crippen molar-refractivity contribution >= 4 is 33.1 Å². The fourth-order valence-electron chi connectivity index (χ4n) is 2.01. The summed E-state index contributed by atoms with van der Waals surface area (Å²) in [7, 11) is 1.61. The van der Waals surface area contributed by atoms with E-state index >= 15 is 0 Å². The summed E-state index contributed by atoms with van der Waals surface area (Å²) in [6.45, 7) is 0. The molecular formula is C17H15BrN4O2. The van der Waals surface area contributed by atoms with Crippen molar-refractivity contribution in [1.82, 2.24) is 9.97 Å². The normalized spacial score (nSPS) is 10.2. The van der Waals surface area contributed by atoms with Crippen molar-refractivity contribution in [2.75, 3.05) is 18.2 Å². The fourth-order valence-corrected chi connectivity index (χ4v) is 2.28. The van der Waals surface area contributed by atoms with Crippen LogP contribution in [0.5, 0.6) is 17.4 Å². The molecule has 0 aliphatic carbocycles. The molecule has 0 bridgehead atoms. The monoisotopic (exact) mass is 386 g/mol. The number of nitrogens with one attached hydrogen (secondary N) is 1. The summed E-state index contributed by atoms with van der Waals surface area (Å²) < 4.78 is 11.9. The number of nitrogens with two attached hydrogens (primary N) is 1. The van der Waals surface area contributed by atoms with Crippen LogP contribution in [0.2, 0.25) is 0 Å². The van der Waals surface area contributed by atoms with E-state index in [1.165, 1.54) is 6.33 Å². The molecule has 122 valence electrons. The molecule has 0 saturated carbocycles. The number of nitrogens with zero attached hydrogens (tertiary/aromatic N) is 2. The van der Waals surface area contributed by atoms with Crippen LogP contribution in [0.1, 0.15) is 0 Å². The lowest BCUT2D eigenvalue weighted by atomic mass is 10.3. The van der Waals surface area contributed by atoms with Crippen LogP contribution >= 0.6 is 15.9 Å². The Labute approximate surface area is 147 Å². The second kappa shape index (κ2) is 7.18. The number of hydrogen-bond acceptors (Lipinski definition) is 6. The molecule has 6 nitrogen and oxygen atoms in total. The summed E-state index contributed by atoms with van der Waals surface area (Å²) in [5, 5.41) is 3.14. The average Bonchev–Trinajstić information content (AvgIpc) is 2.60. The number of nitrogen functional groups attached to an aromatic ring is 1. The van der Waals surface area contributed by atoms with Gasteiger partial charge in [-0.2, -0.15) is 4.98 Å². The number of aromatic nitrogens is 2. The molecule has 7 heteroatoms. The average molecular weight is 387 g/mol. The summed E-state index contributed by atoms with van der Waals surface area (Å²) in [5.74, 6) is 2.12. The number of benzene rings is 2. The Morgan fingerprint density at radius 2 is 1.83 bits per heavy atom. The number of hydrogen-bond donors (Lipinski definition) is 2. The molecule has 0 radical (unpaired) electrons. The molecule has 0 aliphatic heterocycles. The van der Waals surface area contributed by atoms with Crippen LogP contribution in [0.3, 0.4) is 0 Å². The van der Waals surface area contributed by atoms with Crippen molar-refractivity contribution in [2.24, 2.45) is 0 Å². The van der Waals surface area contributed by atoms with Gasteiger partial charge in [-0.15, -0.1) is 0 Å². The molecule has 0 amide bonds. The van der Waals surface area contributed by atoms with E-state index in [9.17, 15) is 0 Å². The van der Waals surface area contributed by atoms with E-state index in [4.69, 9.17) is 15.2 Å². The molecule has 0 spiro atoms. The SMILES string of the molecule is COc1cccc(Nc2ncnc(Oc3ccc(Br)cc3)c2N)c1. The van der Waals surface area contributed by atoms with Crippen molar-refractivity contribution in [3.05, 3.63) is 59.3 Å². The number of halogens is 1. The second-order valence-corrected chi connectivity index (χ2v) is 5.77. The molecule has 0 saturated heterocycles. The first-order valence-corrected chi connectivity index (χ1v) is 7.90. The van der Waals surface area contributed by atoms with Gasteiger partial charge in [-0.25, -0.2) is 4.98 Å². The maximum Gasteiger partial charge on any atom is 0.248 e. The summed E-state index contributed by atoms with van der Waals surface area (Å²) in [4.78, 5) is 8.27. The van der Waals surface area contributed by atoms with Gasteiger partial charge in [0.2, 0.25) is 5.88 Å². The highest BCUT2D eigenvalue weighted by Crippen LogP contribution is 2.31. The molecule has 3 N–H and O–H groups in total. The summed E-state index contributed by atoms with van der Waals surface area (Å²) in [6, 6.07) is 14.9. The zero-order valence-corrected chi connectivity index (χ0v) is 14.4. The molecular weight excluding hydrogens is 372 g/mol. The van der Waals surface area contributed by atoms with Gasteiger partial charge >= 0.3 is 0 Å². The molecule has 1 heterocycles.